The Morgan fingerprint density at radius 3 is 2.89 bits per heavy atom. The zero-order valence-electron chi connectivity index (χ0n) is 10.4. The third-order valence-electron chi connectivity index (χ3n) is 3.01. The number of hydrogen-bond acceptors (Lipinski definition) is 3. The smallest absolute Gasteiger partial charge is 0.244 e. The molecule has 3 nitrogen and oxygen atoms in total. The van der Waals surface area contributed by atoms with Crippen LogP contribution in [0.5, 0.6) is 0 Å². The SMILES string of the molecule is CCC(C#N)C(=O)N(C)c1csc2ccccc12. The number of amides is 1. The molecule has 2 rings (SSSR count). The largest absolute Gasteiger partial charge is 0.313 e. The highest BCUT2D eigenvalue weighted by Crippen LogP contribution is 2.32. The highest BCUT2D eigenvalue weighted by molar-refractivity contribution is 7.17. The number of rotatable bonds is 3. The zero-order chi connectivity index (χ0) is 13.1. The average molecular weight is 258 g/mol. The van der Waals surface area contributed by atoms with E-state index in [1.807, 2.05) is 36.6 Å². The van der Waals surface area contributed by atoms with Gasteiger partial charge in [-0.2, -0.15) is 5.26 Å². The summed E-state index contributed by atoms with van der Waals surface area (Å²) in [5.41, 5.74) is 0.884. The molecule has 1 atom stereocenters. The molecular weight excluding hydrogens is 244 g/mol. The monoisotopic (exact) mass is 258 g/mol. The first-order valence-electron chi connectivity index (χ1n) is 5.82. The van der Waals surface area contributed by atoms with Crippen LogP contribution in [0, 0.1) is 17.2 Å². The van der Waals surface area contributed by atoms with Crippen molar-refractivity contribution < 1.29 is 4.79 Å². The van der Waals surface area contributed by atoms with Crippen molar-refractivity contribution in [1.82, 2.24) is 0 Å². The van der Waals surface area contributed by atoms with Gasteiger partial charge in [0.1, 0.15) is 5.92 Å². The van der Waals surface area contributed by atoms with Gasteiger partial charge in [0.05, 0.1) is 11.8 Å². The van der Waals surface area contributed by atoms with Crippen molar-refractivity contribution in [3.05, 3.63) is 29.6 Å². The molecule has 1 unspecified atom stereocenters. The van der Waals surface area contributed by atoms with E-state index >= 15 is 0 Å². The number of carbonyl (C=O) groups excluding carboxylic acids is 1. The molecule has 0 aliphatic carbocycles. The molecule has 0 saturated carbocycles. The lowest BCUT2D eigenvalue weighted by molar-refractivity contribution is -0.120. The number of anilines is 1. The molecule has 1 heterocycles. The number of benzene rings is 1. The Balaban J connectivity index is 2.37. The van der Waals surface area contributed by atoms with Gasteiger partial charge in [0.15, 0.2) is 0 Å². The minimum Gasteiger partial charge on any atom is -0.313 e. The maximum absolute atomic E-state index is 12.2. The summed E-state index contributed by atoms with van der Waals surface area (Å²) < 4.78 is 1.15. The Bertz CT molecular complexity index is 612. The van der Waals surface area contributed by atoms with Crippen LogP contribution in [0.1, 0.15) is 13.3 Å². The Morgan fingerprint density at radius 2 is 2.22 bits per heavy atom. The van der Waals surface area contributed by atoms with E-state index < -0.39 is 5.92 Å². The van der Waals surface area contributed by atoms with Crippen LogP contribution in [0.25, 0.3) is 10.1 Å². The molecule has 0 radical (unpaired) electrons. The summed E-state index contributed by atoms with van der Waals surface area (Å²) >= 11 is 1.61. The molecule has 0 aliphatic heterocycles. The molecule has 0 saturated heterocycles. The molecule has 0 fully saturated rings. The molecule has 1 amide bonds. The summed E-state index contributed by atoms with van der Waals surface area (Å²) in [6, 6.07) is 10.0. The van der Waals surface area contributed by atoms with Gasteiger partial charge < -0.3 is 4.90 Å². The van der Waals surface area contributed by atoms with E-state index in [-0.39, 0.29) is 5.91 Å². The van der Waals surface area contributed by atoms with Gasteiger partial charge in [0.25, 0.3) is 0 Å². The lowest BCUT2D eigenvalue weighted by Gasteiger charge is -2.18. The van der Waals surface area contributed by atoms with Crippen LogP contribution in [-0.2, 0) is 4.79 Å². The van der Waals surface area contributed by atoms with Crippen molar-refractivity contribution in [3.8, 4) is 6.07 Å². The van der Waals surface area contributed by atoms with Gasteiger partial charge in [-0.1, -0.05) is 25.1 Å². The van der Waals surface area contributed by atoms with Crippen LogP contribution >= 0.6 is 11.3 Å². The molecule has 4 heteroatoms. The summed E-state index contributed by atoms with van der Waals surface area (Å²) in [4.78, 5) is 13.7. The topological polar surface area (TPSA) is 44.1 Å². The highest BCUT2D eigenvalue weighted by atomic mass is 32.1. The van der Waals surface area contributed by atoms with Crippen molar-refractivity contribution >= 4 is 33.0 Å². The fourth-order valence-corrected chi connectivity index (χ4v) is 2.88. The fraction of sp³-hybridized carbons (Fsp3) is 0.286. The minimum atomic E-state index is -0.561. The maximum atomic E-state index is 12.2. The first kappa shape index (κ1) is 12.6. The van der Waals surface area contributed by atoms with Crippen LogP contribution in [0.3, 0.4) is 0 Å². The number of hydrogen-bond donors (Lipinski definition) is 0. The maximum Gasteiger partial charge on any atom is 0.244 e. The Labute approximate surface area is 110 Å². The van der Waals surface area contributed by atoms with E-state index in [1.54, 1.807) is 23.3 Å². The first-order chi connectivity index (χ1) is 8.69. The van der Waals surface area contributed by atoms with Crippen molar-refractivity contribution in [2.24, 2.45) is 5.92 Å². The summed E-state index contributed by atoms with van der Waals surface area (Å²) in [5.74, 6) is -0.697. The van der Waals surface area contributed by atoms with Crippen LogP contribution in [0.2, 0.25) is 0 Å². The zero-order valence-corrected chi connectivity index (χ0v) is 11.2. The number of carbonyl (C=O) groups is 1. The second-order valence-corrected chi connectivity index (χ2v) is 5.02. The summed E-state index contributed by atoms with van der Waals surface area (Å²) in [6.07, 6.45) is 0.543. The van der Waals surface area contributed by atoms with Crippen LogP contribution in [-0.4, -0.2) is 13.0 Å². The van der Waals surface area contributed by atoms with E-state index in [9.17, 15) is 4.79 Å². The third-order valence-corrected chi connectivity index (χ3v) is 3.97. The number of nitrogens with zero attached hydrogens (tertiary/aromatic N) is 2. The molecule has 2 aromatic rings. The Hall–Kier alpha value is -1.86. The van der Waals surface area contributed by atoms with Gasteiger partial charge >= 0.3 is 0 Å². The number of nitriles is 1. The molecule has 0 spiro atoms. The first-order valence-corrected chi connectivity index (χ1v) is 6.70. The van der Waals surface area contributed by atoms with Gasteiger partial charge in [-0.05, 0) is 12.5 Å². The van der Waals surface area contributed by atoms with Crippen LogP contribution in [0.15, 0.2) is 29.6 Å². The fourth-order valence-electron chi connectivity index (χ4n) is 1.90. The number of thiophene rings is 1. The van der Waals surface area contributed by atoms with Gasteiger partial charge in [0.2, 0.25) is 5.91 Å². The summed E-state index contributed by atoms with van der Waals surface area (Å²) in [5, 5.41) is 12.0. The molecule has 0 N–H and O–H groups in total. The standard InChI is InChI=1S/C14H14N2OS/c1-3-10(8-15)14(17)16(2)12-9-18-13-7-5-4-6-11(12)13/h4-7,9-10H,3H2,1-2H3. The molecule has 1 aromatic heterocycles. The average Bonchev–Trinajstić information content (AvgIpc) is 2.83. The van der Waals surface area contributed by atoms with E-state index in [2.05, 4.69) is 6.07 Å². The van der Waals surface area contributed by atoms with E-state index in [0.29, 0.717) is 6.42 Å². The van der Waals surface area contributed by atoms with Gasteiger partial charge in [-0.3, -0.25) is 4.79 Å². The van der Waals surface area contributed by atoms with Gasteiger partial charge in [-0.25, -0.2) is 0 Å². The second-order valence-electron chi connectivity index (χ2n) is 4.10. The Morgan fingerprint density at radius 1 is 1.50 bits per heavy atom. The van der Waals surface area contributed by atoms with Crippen molar-refractivity contribution in [3.63, 3.8) is 0 Å². The lowest BCUT2D eigenvalue weighted by atomic mass is 10.1. The third kappa shape index (κ3) is 2.09. The summed E-state index contributed by atoms with van der Waals surface area (Å²) in [6.45, 7) is 1.85. The minimum absolute atomic E-state index is 0.136. The van der Waals surface area contributed by atoms with Crippen molar-refractivity contribution in [1.29, 1.82) is 5.26 Å². The van der Waals surface area contributed by atoms with Gasteiger partial charge in [0, 0.05) is 22.5 Å². The van der Waals surface area contributed by atoms with Crippen molar-refractivity contribution in [2.45, 2.75) is 13.3 Å². The van der Waals surface area contributed by atoms with Crippen molar-refractivity contribution in [2.75, 3.05) is 11.9 Å². The predicted molar refractivity (Wildman–Crippen MR) is 74.6 cm³/mol. The second kappa shape index (κ2) is 5.19. The molecule has 0 bridgehead atoms. The highest BCUT2D eigenvalue weighted by Gasteiger charge is 2.22. The van der Waals surface area contributed by atoms with E-state index in [4.69, 9.17) is 5.26 Å². The lowest BCUT2D eigenvalue weighted by Crippen LogP contribution is -2.31. The van der Waals surface area contributed by atoms with E-state index in [0.717, 1.165) is 15.8 Å². The molecule has 1 aromatic carbocycles. The summed E-state index contributed by atoms with van der Waals surface area (Å²) in [7, 11) is 1.73. The Kier molecular flexibility index (Phi) is 3.63. The molecule has 92 valence electrons. The normalized spacial score (nSPS) is 12.1. The van der Waals surface area contributed by atoms with Crippen LogP contribution in [0.4, 0.5) is 5.69 Å². The van der Waals surface area contributed by atoms with Crippen LogP contribution < -0.4 is 4.90 Å². The molecule has 18 heavy (non-hydrogen) atoms. The predicted octanol–water partition coefficient (Wildman–Crippen LogP) is 3.41. The van der Waals surface area contributed by atoms with Gasteiger partial charge in [-0.15, -0.1) is 11.3 Å². The number of fused-ring (bicyclic) bond motifs is 1. The van der Waals surface area contributed by atoms with E-state index in [1.165, 1.54) is 0 Å². The quantitative estimate of drug-likeness (QED) is 0.846. The molecular formula is C14H14N2OS. The molecule has 0 aliphatic rings.